The highest BCUT2D eigenvalue weighted by molar-refractivity contribution is 9.10. The Balaban J connectivity index is 1.90. The first-order valence-electron chi connectivity index (χ1n) is 7.45. The van der Waals surface area contributed by atoms with E-state index in [1.807, 2.05) is 6.07 Å². The molecule has 7 nitrogen and oxygen atoms in total. The standard InChI is InChI=1S/C17H14BrClN4O3/c1-25-13-4-2-9(15-16(17(20)24)22-23-21-15)6-10(13)8-26-14-5-3-11(19)7-12(14)18/h2-7H,8H2,1H3,(H2,20,24)(H,21,22,23). The van der Waals surface area contributed by atoms with Gasteiger partial charge in [0, 0.05) is 16.1 Å². The lowest BCUT2D eigenvalue weighted by atomic mass is 10.1. The number of rotatable bonds is 6. The van der Waals surface area contributed by atoms with Gasteiger partial charge >= 0.3 is 0 Å². The number of nitrogens with zero attached hydrogens (tertiary/aromatic N) is 2. The van der Waals surface area contributed by atoms with Crippen LogP contribution in [0.1, 0.15) is 16.1 Å². The number of H-pyrrole nitrogens is 1. The molecule has 1 heterocycles. The molecule has 3 rings (SSSR count). The van der Waals surface area contributed by atoms with Gasteiger partial charge in [-0.15, -0.1) is 0 Å². The lowest BCUT2D eigenvalue weighted by molar-refractivity contribution is 0.0996. The molecule has 3 N–H and O–H groups in total. The quantitative estimate of drug-likeness (QED) is 0.613. The van der Waals surface area contributed by atoms with Crippen LogP contribution in [0.4, 0.5) is 0 Å². The molecule has 0 saturated carbocycles. The predicted octanol–water partition coefficient (Wildman–Crippen LogP) is 3.57. The molecule has 26 heavy (non-hydrogen) atoms. The van der Waals surface area contributed by atoms with Crippen molar-refractivity contribution < 1.29 is 14.3 Å². The Hall–Kier alpha value is -2.58. The van der Waals surface area contributed by atoms with Crippen molar-refractivity contribution in [3.8, 4) is 22.8 Å². The molecule has 0 atom stereocenters. The Kier molecular flexibility index (Phi) is 5.43. The summed E-state index contributed by atoms with van der Waals surface area (Å²) in [5.41, 5.74) is 7.21. The maximum Gasteiger partial charge on any atom is 0.271 e. The fraction of sp³-hybridized carbons (Fsp3) is 0.118. The second-order valence-electron chi connectivity index (χ2n) is 5.28. The minimum Gasteiger partial charge on any atom is -0.496 e. The summed E-state index contributed by atoms with van der Waals surface area (Å²) < 4.78 is 12.0. The Morgan fingerprint density at radius 2 is 2.00 bits per heavy atom. The van der Waals surface area contributed by atoms with Crippen LogP contribution in [0, 0.1) is 0 Å². The minimum absolute atomic E-state index is 0.0717. The molecule has 9 heteroatoms. The summed E-state index contributed by atoms with van der Waals surface area (Å²) in [6.45, 7) is 0.237. The number of aromatic amines is 1. The summed E-state index contributed by atoms with van der Waals surface area (Å²) in [6.07, 6.45) is 0. The van der Waals surface area contributed by atoms with Crippen LogP contribution in [-0.4, -0.2) is 28.4 Å². The van der Waals surface area contributed by atoms with Crippen LogP contribution in [0.25, 0.3) is 11.3 Å². The van der Waals surface area contributed by atoms with Crippen LogP contribution in [-0.2, 0) is 6.61 Å². The van der Waals surface area contributed by atoms with Gasteiger partial charge in [0.05, 0.1) is 11.6 Å². The summed E-state index contributed by atoms with van der Waals surface area (Å²) in [4.78, 5) is 11.5. The molecular formula is C17H14BrClN4O3. The van der Waals surface area contributed by atoms with Crippen LogP contribution in [0.2, 0.25) is 5.02 Å². The number of primary amides is 1. The summed E-state index contributed by atoms with van der Waals surface area (Å²) in [5, 5.41) is 10.8. The van der Waals surface area contributed by atoms with Gasteiger partial charge < -0.3 is 15.2 Å². The second-order valence-corrected chi connectivity index (χ2v) is 6.57. The fourth-order valence-electron chi connectivity index (χ4n) is 2.39. The average Bonchev–Trinajstić information content (AvgIpc) is 3.11. The number of amides is 1. The first kappa shape index (κ1) is 18.2. The van der Waals surface area contributed by atoms with Gasteiger partial charge in [0.25, 0.3) is 5.91 Å². The number of hydrogen-bond acceptors (Lipinski definition) is 5. The Labute approximate surface area is 162 Å². The van der Waals surface area contributed by atoms with Gasteiger partial charge in [0.15, 0.2) is 5.69 Å². The van der Waals surface area contributed by atoms with Crippen molar-refractivity contribution in [1.29, 1.82) is 0 Å². The number of halogens is 2. The van der Waals surface area contributed by atoms with Crippen LogP contribution in [0.15, 0.2) is 40.9 Å². The molecular weight excluding hydrogens is 424 g/mol. The highest BCUT2D eigenvalue weighted by Crippen LogP contribution is 2.31. The summed E-state index contributed by atoms with van der Waals surface area (Å²) >= 11 is 9.35. The number of ether oxygens (including phenoxy) is 2. The Morgan fingerprint density at radius 1 is 1.23 bits per heavy atom. The van der Waals surface area contributed by atoms with Crippen molar-refractivity contribution in [2.24, 2.45) is 5.73 Å². The van der Waals surface area contributed by atoms with Crippen LogP contribution in [0.3, 0.4) is 0 Å². The third-order valence-corrected chi connectivity index (χ3v) is 4.47. The van der Waals surface area contributed by atoms with Gasteiger partial charge in [-0.05, 0) is 52.3 Å². The van der Waals surface area contributed by atoms with Crippen LogP contribution in [0.5, 0.6) is 11.5 Å². The third kappa shape index (κ3) is 3.81. The molecule has 0 saturated heterocycles. The molecule has 0 radical (unpaired) electrons. The molecule has 2 aromatic carbocycles. The number of nitrogens with two attached hydrogens (primary N) is 1. The molecule has 0 aliphatic heterocycles. The van der Waals surface area contributed by atoms with E-state index in [0.717, 1.165) is 10.0 Å². The molecule has 134 valence electrons. The van der Waals surface area contributed by atoms with Crippen molar-refractivity contribution in [3.05, 3.63) is 57.2 Å². The number of aromatic nitrogens is 3. The number of methoxy groups -OCH3 is 1. The Morgan fingerprint density at radius 3 is 2.69 bits per heavy atom. The van der Waals surface area contributed by atoms with Gasteiger partial charge in [-0.1, -0.05) is 11.6 Å². The van der Waals surface area contributed by atoms with Crippen molar-refractivity contribution in [1.82, 2.24) is 15.4 Å². The summed E-state index contributed by atoms with van der Waals surface area (Å²) in [7, 11) is 1.57. The zero-order chi connectivity index (χ0) is 18.7. The third-order valence-electron chi connectivity index (χ3n) is 3.61. The molecule has 3 aromatic rings. The van der Waals surface area contributed by atoms with Crippen LogP contribution < -0.4 is 15.2 Å². The Bertz CT molecular complexity index is 961. The van der Waals surface area contributed by atoms with E-state index in [-0.39, 0.29) is 12.3 Å². The van der Waals surface area contributed by atoms with Crippen molar-refractivity contribution in [3.63, 3.8) is 0 Å². The van der Waals surface area contributed by atoms with E-state index in [4.69, 9.17) is 26.8 Å². The number of carbonyl (C=O) groups is 1. The van der Waals surface area contributed by atoms with E-state index in [1.165, 1.54) is 0 Å². The number of carbonyl (C=O) groups excluding carboxylic acids is 1. The zero-order valence-electron chi connectivity index (χ0n) is 13.6. The van der Waals surface area contributed by atoms with Crippen molar-refractivity contribution in [2.75, 3.05) is 7.11 Å². The van der Waals surface area contributed by atoms with Crippen molar-refractivity contribution in [2.45, 2.75) is 6.61 Å². The number of benzene rings is 2. The molecule has 0 aliphatic carbocycles. The first-order chi connectivity index (χ1) is 12.5. The topological polar surface area (TPSA) is 103 Å². The van der Waals surface area contributed by atoms with Gasteiger partial charge in [0.2, 0.25) is 0 Å². The highest BCUT2D eigenvalue weighted by atomic mass is 79.9. The smallest absolute Gasteiger partial charge is 0.271 e. The molecule has 0 unspecified atom stereocenters. The molecule has 1 aromatic heterocycles. The number of nitrogens with one attached hydrogen (secondary N) is 1. The SMILES string of the molecule is COc1ccc(-c2n[nH]nc2C(N)=O)cc1COc1ccc(Cl)cc1Br. The van der Waals surface area contributed by atoms with E-state index in [9.17, 15) is 4.79 Å². The predicted molar refractivity (Wildman–Crippen MR) is 100 cm³/mol. The summed E-state index contributed by atoms with van der Waals surface area (Å²) in [6, 6.07) is 10.6. The minimum atomic E-state index is -0.660. The summed E-state index contributed by atoms with van der Waals surface area (Å²) in [5.74, 6) is 0.622. The number of hydrogen-bond donors (Lipinski definition) is 2. The molecule has 0 bridgehead atoms. The normalized spacial score (nSPS) is 10.6. The fourth-order valence-corrected chi connectivity index (χ4v) is 3.19. The van der Waals surface area contributed by atoms with E-state index < -0.39 is 5.91 Å². The lowest BCUT2D eigenvalue weighted by Gasteiger charge is -2.13. The maximum absolute atomic E-state index is 11.5. The van der Waals surface area contributed by atoms with Gasteiger partial charge in [-0.2, -0.15) is 15.4 Å². The maximum atomic E-state index is 11.5. The highest BCUT2D eigenvalue weighted by Gasteiger charge is 2.17. The van der Waals surface area contributed by atoms with Crippen molar-refractivity contribution >= 4 is 33.4 Å². The largest absolute Gasteiger partial charge is 0.496 e. The van der Waals surface area contributed by atoms with Gasteiger partial charge in [-0.3, -0.25) is 4.79 Å². The van der Waals surface area contributed by atoms with Gasteiger partial charge in [-0.25, -0.2) is 0 Å². The van der Waals surface area contributed by atoms with Gasteiger partial charge in [0.1, 0.15) is 23.8 Å². The molecule has 0 fully saturated rings. The van der Waals surface area contributed by atoms with E-state index in [0.29, 0.717) is 27.8 Å². The molecule has 0 spiro atoms. The van der Waals surface area contributed by atoms with Crippen LogP contribution >= 0.6 is 27.5 Å². The lowest BCUT2D eigenvalue weighted by Crippen LogP contribution is -2.12. The van der Waals surface area contributed by atoms with E-state index in [2.05, 4.69) is 31.3 Å². The average molecular weight is 438 g/mol. The zero-order valence-corrected chi connectivity index (χ0v) is 16.0. The molecule has 0 aliphatic rings. The monoisotopic (exact) mass is 436 g/mol. The van der Waals surface area contributed by atoms with E-state index >= 15 is 0 Å². The molecule has 1 amide bonds. The van der Waals surface area contributed by atoms with E-state index in [1.54, 1.807) is 37.4 Å². The second kappa shape index (κ2) is 7.76. The first-order valence-corrected chi connectivity index (χ1v) is 8.62.